The van der Waals surface area contributed by atoms with Gasteiger partial charge in [-0.25, -0.2) is 4.39 Å². The van der Waals surface area contributed by atoms with Gasteiger partial charge in [-0.2, -0.15) is 5.10 Å². The van der Waals surface area contributed by atoms with E-state index in [1.807, 2.05) is 26.4 Å². The fraction of sp³-hybridized carbons (Fsp3) is 0.250. The van der Waals surface area contributed by atoms with Gasteiger partial charge in [0.2, 0.25) is 0 Å². The first-order valence-electron chi connectivity index (χ1n) is 5.23. The van der Waals surface area contributed by atoms with E-state index in [1.165, 1.54) is 6.07 Å². The number of aromatic nitrogens is 2. The Bertz CT molecular complexity index is 524. The molecule has 0 radical (unpaired) electrons. The molecule has 1 aromatic heterocycles. The number of nitrogens with zero attached hydrogens (tertiary/aromatic N) is 2. The van der Waals surface area contributed by atoms with Gasteiger partial charge in [0.05, 0.1) is 16.7 Å². The third-order valence-electron chi connectivity index (χ3n) is 2.64. The van der Waals surface area contributed by atoms with Crippen molar-refractivity contribution in [1.29, 1.82) is 0 Å². The van der Waals surface area contributed by atoms with Gasteiger partial charge in [0.1, 0.15) is 5.82 Å². The molecule has 17 heavy (non-hydrogen) atoms. The van der Waals surface area contributed by atoms with Crippen molar-refractivity contribution in [1.82, 2.24) is 15.1 Å². The molecule has 2 aromatic rings. The van der Waals surface area contributed by atoms with Gasteiger partial charge in [-0.05, 0) is 34.6 Å². The van der Waals surface area contributed by atoms with E-state index >= 15 is 0 Å². The summed E-state index contributed by atoms with van der Waals surface area (Å²) in [6.07, 6.45) is 3.69. The molecule has 2 rings (SSSR count). The second-order valence-corrected chi connectivity index (χ2v) is 4.61. The normalized spacial score (nSPS) is 12.7. The van der Waals surface area contributed by atoms with Crippen molar-refractivity contribution >= 4 is 15.9 Å². The first kappa shape index (κ1) is 12.3. The fourth-order valence-electron chi connectivity index (χ4n) is 1.83. The van der Waals surface area contributed by atoms with Gasteiger partial charge in [0, 0.05) is 18.8 Å². The number of halogens is 2. The molecule has 0 aliphatic rings. The molecule has 5 heteroatoms. The monoisotopic (exact) mass is 297 g/mol. The summed E-state index contributed by atoms with van der Waals surface area (Å²) in [6, 6.07) is 4.95. The number of hydrogen-bond donors (Lipinski definition) is 1. The molecular weight excluding hydrogens is 285 g/mol. The maximum absolute atomic E-state index is 13.5. The number of benzene rings is 1. The van der Waals surface area contributed by atoms with E-state index in [2.05, 4.69) is 26.3 Å². The topological polar surface area (TPSA) is 29.9 Å². The Morgan fingerprint density at radius 1 is 1.47 bits per heavy atom. The van der Waals surface area contributed by atoms with E-state index in [0.717, 1.165) is 11.1 Å². The van der Waals surface area contributed by atoms with E-state index in [4.69, 9.17) is 0 Å². The predicted molar refractivity (Wildman–Crippen MR) is 68.2 cm³/mol. The molecule has 0 fully saturated rings. The zero-order valence-corrected chi connectivity index (χ0v) is 11.2. The van der Waals surface area contributed by atoms with E-state index in [1.54, 1.807) is 16.9 Å². The quantitative estimate of drug-likeness (QED) is 0.944. The molecule has 3 nitrogen and oxygen atoms in total. The van der Waals surface area contributed by atoms with E-state index in [0.29, 0.717) is 4.47 Å². The lowest BCUT2D eigenvalue weighted by molar-refractivity contribution is 0.608. The molecule has 0 bridgehead atoms. The number of aryl methyl sites for hydroxylation is 1. The zero-order chi connectivity index (χ0) is 12.4. The molecule has 0 saturated carbocycles. The van der Waals surface area contributed by atoms with E-state index in [-0.39, 0.29) is 11.9 Å². The molecule has 0 saturated heterocycles. The van der Waals surface area contributed by atoms with Crippen molar-refractivity contribution in [2.75, 3.05) is 7.05 Å². The predicted octanol–water partition coefficient (Wildman–Crippen LogP) is 2.63. The van der Waals surface area contributed by atoms with Gasteiger partial charge in [0.25, 0.3) is 0 Å². The zero-order valence-electron chi connectivity index (χ0n) is 9.61. The Morgan fingerprint density at radius 3 is 2.82 bits per heavy atom. The summed E-state index contributed by atoms with van der Waals surface area (Å²) in [7, 11) is 3.70. The molecule has 90 valence electrons. The smallest absolute Gasteiger partial charge is 0.137 e. The van der Waals surface area contributed by atoms with Crippen LogP contribution >= 0.6 is 15.9 Å². The van der Waals surface area contributed by atoms with Crippen molar-refractivity contribution in [2.24, 2.45) is 7.05 Å². The lowest BCUT2D eigenvalue weighted by Gasteiger charge is -2.16. The van der Waals surface area contributed by atoms with E-state index in [9.17, 15) is 4.39 Å². The minimum absolute atomic E-state index is 0.0752. The van der Waals surface area contributed by atoms with Crippen LogP contribution < -0.4 is 5.32 Å². The van der Waals surface area contributed by atoms with Gasteiger partial charge < -0.3 is 5.32 Å². The summed E-state index contributed by atoms with van der Waals surface area (Å²) in [5.41, 5.74) is 1.86. The Kier molecular flexibility index (Phi) is 3.59. The minimum atomic E-state index is -0.258. The molecule has 0 aliphatic heterocycles. The van der Waals surface area contributed by atoms with Crippen LogP contribution in [0.4, 0.5) is 4.39 Å². The van der Waals surface area contributed by atoms with Crippen LogP contribution in [0.25, 0.3) is 0 Å². The van der Waals surface area contributed by atoms with Crippen LogP contribution in [0.15, 0.2) is 35.1 Å². The highest BCUT2D eigenvalue weighted by Gasteiger charge is 2.18. The largest absolute Gasteiger partial charge is 0.309 e. The second kappa shape index (κ2) is 4.98. The average Bonchev–Trinajstić information content (AvgIpc) is 2.72. The summed E-state index contributed by atoms with van der Waals surface area (Å²) in [5.74, 6) is -0.258. The van der Waals surface area contributed by atoms with Crippen LogP contribution in [0.1, 0.15) is 17.2 Å². The van der Waals surface area contributed by atoms with Gasteiger partial charge in [-0.1, -0.05) is 12.1 Å². The van der Waals surface area contributed by atoms with Crippen molar-refractivity contribution in [2.45, 2.75) is 6.04 Å². The van der Waals surface area contributed by atoms with E-state index < -0.39 is 0 Å². The summed E-state index contributed by atoms with van der Waals surface area (Å²) in [4.78, 5) is 0. The van der Waals surface area contributed by atoms with Gasteiger partial charge in [-0.3, -0.25) is 4.68 Å². The van der Waals surface area contributed by atoms with Crippen LogP contribution in [0.2, 0.25) is 0 Å². The Balaban J connectivity index is 2.45. The Morgan fingerprint density at radius 2 is 2.24 bits per heavy atom. The van der Waals surface area contributed by atoms with Crippen molar-refractivity contribution in [3.63, 3.8) is 0 Å². The van der Waals surface area contributed by atoms with Crippen LogP contribution in [0.3, 0.4) is 0 Å². The highest BCUT2D eigenvalue weighted by Crippen LogP contribution is 2.29. The molecular formula is C12H13BrFN3. The standard InChI is InChI=1S/C12H13BrFN3/c1-15-12(8-6-16-17(2)7-8)9-4-3-5-10(14)11(9)13/h3-7,12,15H,1-2H3. The van der Waals surface area contributed by atoms with Gasteiger partial charge >= 0.3 is 0 Å². The summed E-state index contributed by atoms with van der Waals surface area (Å²) >= 11 is 3.28. The number of nitrogens with one attached hydrogen (secondary N) is 1. The molecule has 0 aliphatic carbocycles. The van der Waals surface area contributed by atoms with Crippen molar-refractivity contribution < 1.29 is 4.39 Å². The van der Waals surface area contributed by atoms with Crippen molar-refractivity contribution in [3.05, 3.63) is 52.0 Å². The molecule has 0 spiro atoms. The van der Waals surface area contributed by atoms with Gasteiger partial charge in [-0.15, -0.1) is 0 Å². The molecule has 1 unspecified atom stereocenters. The third-order valence-corrected chi connectivity index (χ3v) is 3.48. The number of hydrogen-bond acceptors (Lipinski definition) is 2. The maximum Gasteiger partial charge on any atom is 0.137 e. The highest BCUT2D eigenvalue weighted by molar-refractivity contribution is 9.10. The first-order valence-corrected chi connectivity index (χ1v) is 6.02. The lowest BCUT2D eigenvalue weighted by atomic mass is 10.0. The Labute approximate surface area is 108 Å². The maximum atomic E-state index is 13.5. The summed E-state index contributed by atoms with van der Waals surface area (Å²) < 4.78 is 15.7. The summed E-state index contributed by atoms with van der Waals surface area (Å²) in [5, 5.41) is 7.30. The molecule has 1 heterocycles. The molecule has 0 amide bonds. The van der Waals surface area contributed by atoms with Crippen LogP contribution in [0, 0.1) is 5.82 Å². The molecule has 1 N–H and O–H groups in total. The van der Waals surface area contributed by atoms with Crippen LogP contribution in [0.5, 0.6) is 0 Å². The van der Waals surface area contributed by atoms with Crippen LogP contribution in [-0.2, 0) is 7.05 Å². The molecule has 1 aromatic carbocycles. The third kappa shape index (κ3) is 2.40. The van der Waals surface area contributed by atoms with Crippen molar-refractivity contribution in [3.8, 4) is 0 Å². The molecule has 1 atom stereocenters. The van der Waals surface area contributed by atoms with Crippen LogP contribution in [-0.4, -0.2) is 16.8 Å². The minimum Gasteiger partial charge on any atom is -0.309 e. The fourth-order valence-corrected chi connectivity index (χ4v) is 2.33. The first-order chi connectivity index (χ1) is 8.13. The highest BCUT2D eigenvalue weighted by atomic mass is 79.9. The average molecular weight is 298 g/mol. The second-order valence-electron chi connectivity index (χ2n) is 3.81. The Hall–Kier alpha value is -1.20. The summed E-state index contributed by atoms with van der Waals surface area (Å²) in [6.45, 7) is 0. The lowest BCUT2D eigenvalue weighted by Crippen LogP contribution is -2.18. The van der Waals surface area contributed by atoms with Gasteiger partial charge in [0.15, 0.2) is 0 Å². The number of rotatable bonds is 3. The SMILES string of the molecule is CNC(c1cnn(C)c1)c1cccc(F)c1Br.